The number of ether oxygens (including phenoxy) is 1. The van der Waals surface area contributed by atoms with Gasteiger partial charge >= 0.3 is 6.09 Å². The first-order valence-corrected chi connectivity index (χ1v) is 14.8. The van der Waals surface area contributed by atoms with Gasteiger partial charge in [0.2, 0.25) is 0 Å². The number of hydrogen-bond acceptors (Lipinski definition) is 8. The molecule has 2 aromatic rings. The van der Waals surface area contributed by atoms with Crippen LogP contribution in [0.25, 0.3) is 0 Å². The van der Waals surface area contributed by atoms with Gasteiger partial charge in [-0.1, -0.05) is 42.5 Å². The highest BCUT2D eigenvalue weighted by Crippen LogP contribution is 2.34. The molecule has 9 nitrogen and oxygen atoms in total. The van der Waals surface area contributed by atoms with Gasteiger partial charge in [-0.3, -0.25) is 14.9 Å². The second-order valence-electron chi connectivity index (χ2n) is 11.5. The summed E-state index contributed by atoms with van der Waals surface area (Å²) in [5, 5.41) is 3.07. The third-order valence-electron chi connectivity index (χ3n) is 8.73. The lowest BCUT2D eigenvalue weighted by atomic mass is 9.90. The van der Waals surface area contributed by atoms with Crippen LogP contribution in [-0.4, -0.2) is 102 Å². The van der Waals surface area contributed by atoms with E-state index in [1.54, 1.807) is 0 Å². The number of piperazine rings is 1. The lowest BCUT2D eigenvalue weighted by molar-refractivity contribution is 0.127. The van der Waals surface area contributed by atoms with E-state index in [0.29, 0.717) is 6.54 Å². The normalized spacial score (nSPS) is 24.0. The number of pyridine rings is 1. The van der Waals surface area contributed by atoms with E-state index in [9.17, 15) is 4.79 Å². The highest BCUT2D eigenvalue weighted by Gasteiger charge is 2.41. The van der Waals surface area contributed by atoms with E-state index in [4.69, 9.17) is 14.7 Å². The molecule has 3 atom stereocenters. The van der Waals surface area contributed by atoms with Gasteiger partial charge in [0.25, 0.3) is 0 Å². The van der Waals surface area contributed by atoms with E-state index < -0.39 is 6.09 Å². The number of benzene rings is 1. The monoisotopic (exact) mass is 555 g/mol. The number of rotatable bonds is 8. The van der Waals surface area contributed by atoms with Crippen molar-refractivity contribution in [2.45, 2.75) is 44.0 Å². The average Bonchev–Trinajstić information content (AvgIpc) is 3.36. The van der Waals surface area contributed by atoms with Crippen molar-refractivity contribution in [1.29, 1.82) is 0 Å². The van der Waals surface area contributed by atoms with Crippen LogP contribution < -0.4 is 5.32 Å². The fourth-order valence-corrected chi connectivity index (χ4v) is 6.45. The van der Waals surface area contributed by atoms with Crippen molar-refractivity contribution in [1.82, 2.24) is 29.9 Å². The molecule has 0 saturated carbocycles. The lowest BCUT2D eigenvalue weighted by Gasteiger charge is -2.42. The van der Waals surface area contributed by atoms with Crippen LogP contribution in [0, 0.1) is 0 Å². The predicted molar refractivity (Wildman–Crippen MR) is 160 cm³/mol. The zero-order valence-electron chi connectivity index (χ0n) is 24.2. The molecular formula is C32H41N7O2. The molecule has 6 rings (SSSR count). The largest absolute Gasteiger partial charge is 0.445 e. The van der Waals surface area contributed by atoms with Crippen LogP contribution in [0.1, 0.15) is 35.7 Å². The fourth-order valence-electron chi connectivity index (χ4n) is 6.45. The second-order valence-corrected chi connectivity index (χ2v) is 11.5. The standard InChI is InChI=1S/C32H41N7O2/c1-36-17-19-38(20-18-36)30-15-7-14-29-35-26(22-37(2)27-13-6-11-25-12-8-16-33-31(25)27)28(39(29)30)21-34-32(40)41-23-24-9-4-3-5-10-24/h3-5,7-10,12,14-16,26-28H,6,11,13,17-23H2,1-2H3,(H,34,40)/t26?,27-,28?/m0/s1. The Morgan fingerprint density at radius 2 is 1.95 bits per heavy atom. The molecular weight excluding hydrogens is 514 g/mol. The molecule has 1 amide bonds. The number of likely N-dealkylation sites (N-methyl/N-ethyl adjacent to an activating group) is 2. The average molecular weight is 556 g/mol. The molecule has 0 spiro atoms. The summed E-state index contributed by atoms with van der Waals surface area (Å²) in [4.78, 5) is 32.4. The molecule has 1 saturated heterocycles. The minimum absolute atomic E-state index is 0.0165. The number of carbonyl (C=O) groups is 1. The van der Waals surface area contributed by atoms with Crippen molar-refractivity contribution in [2.24, 2.45) is 4.99 Å². The molecule has 4 aliphatic rings. The molecule has 3 aliphatic heterocycles. The van der Waals surface area contributed by atoms with Crippen LogP contribution in [0.5, 0.6) is 0 Å². The van der Waals surface area contributed by atoms with Crippen molar-refractivity contribution < 1.29 is 9.53 Å². The van der Waals surface area contributed by atoms with Gasteiger partial charge in [0.05, 0.1) is 23.8 Å². The molecule has 41 heavy (non-hydrogen) atoms. The number of amides is 1. The molecule has 1 fully saturated rings. The Morgan fingerprint density at radius 3 is 2.78 bits per heavy atom. The summed E-state index contributed by atoms with van der Waals surface area (Å²) in [6.07, 6.45) is 11.2. The second kappa shape index (κ2) is 12.4. The van der Waals surface area contributed by atoms with Gasteiger partial charge in [-0.15, -0.1) is 0 Å². The minimum Gasteiger partial charge on any atom is -0.445 e. The molecule has 1 aliphatic carbocycles. The maximum Gasteiger partial charge on any atom is 0.407 e. The summed E-state index contributed by atoms with van der Waals surface area (Å²) in [5.74, 6) is 2.13. The van der Waals surface area contributed by atoms with Crippen molar-refractivity contribution >= 4 is 11.9 Å². The summed E-state index contributed by atoms with van der Waals surface area (Å²) in [6, 6.07) is 14.3. The summed E-state index contributed by atoms with van der Waals surface area (Å²) < 4.78 is 5.56. The first-order chi connectivity index (χ1) is 20.1. The quantitative estimate of drug-likeness (QED) is 0.535. The number of alkyl carbamates (subject to hydrolysis) is 1. The van der Waals surface area contributed by atoms with Crippen molar-refractivity contribution in [3.63, 3.8) is 0 Å². The predicted octanol–water partition coefficient (Wildman–Crippen LogP) is 3.43. The van der Waals surface area contributed by atoms with E-state index in [1.165, 1.54) is 17.1 Å². The first kappa shape index (κ1) is 27.5. The molecule has 9 heteroatoms. The number of fused-ring (bicyclic) bond motifs is 2. The smallest absolute Gasteiger partial charge is 0.407 e. The van der Waals surface area contributed by atoms with E-state index in [2.05, 4.69) is 63.3 Å². The van der Waals surface area contributed by atoms with Gasteiger partial charge in [0.15, 0.2) is 0 Å². The summed E-state index contributed by atoms with van der Waals surface area (Å²) in [6.45, 7) is 5.45. The molecule has 2 unspecified atom stereocenters. The Kier molecular flexibility index (Phi) is 8.34. The number of amidine groups is 1. The first-order valence-electron chi connectivity index (χ1n) is 14.8. The van der Waals surface area contributed by atoms with E-state index in [1.807, 2.05) is 42.6 Å². The minimum atomic E-state index is -0.405. The van der Waals surface area contributed by atoms with Gasteiger partial charge in [0.1, 0.15) is 18.3 Å². The maximum absolute atomic E-state index is 12.8. The van der Waals surface area contributed by atoms with Gasteiger partial charge in [-0.2, -0.15) is 0 Å². The maximum atomic E-state index is 12.8. The number of aromatic nitrogens is 1. The summed E-state index contributed by atoms with van der Waals surface area (Å²) in [7, 11) is 4.37. The highest BCUT2D eigenvalue weighted by molar-refractivity contribution is 5.97. The van der Waals surface area contributed by atoms with Crippen molar-refractivity contribution in [3.05, 3.63) is 89.5 Å². The van der Waals surface area contributed by atoms with Crippen LogP contribution in [0.2, 0.25) is 0 Å². The molecule has 0 radical (unpaired) electrons. The molecule has 1 aromatic carbocycles. The SMILES string of the molecule is CN1CCN(C2=CC=CC3=NC(CN(C)[C@H]4CCCc5cccnc54)C(CNC(=O)OCc4ccccc4)N23)CC1. The zero-order valence-corrected chi connectivity index (χ0v) is 24.2. The highest BCUT2D eigenvalue weighted by atomic mass is 16.5. The Labute approximate surface area is 243 Å². The number of carbonyl (C=O) groups excluding carboxylic acids is 1. The van der Waals surface area contributed by atoms with Crippen LogP contribution in [0.3, 0.4) is 0 Å². The molecule has 216 valence electrons. The lowest BCUT2D eigenvalue weighted by Crippen LogP contribution is -2.54. The van der Waals surface area contributed by atoms with E-state index in [0.717, 1.165) is 63.4 Å². The number of hydrogen-bond donors (Lipinski definition) is 1. The Morgan fingerprint density at radius 1 is 1.12 bits per heavy atom. The van der Waals surface area contributed by atoms with Gasteiger partial charge in [-0.25, -0.2) is 4.79 Å². The van der Waals surface area contributed by atoms with Gasteiger partial charge < -0.3 is 24.8 Å². The Hall–Kier alpha value is -3.69. The van der Waals surface area contributed by atoms with Crippen molar-refractivity contribution in [2.75, 3.05) is 53.4 Å². The van der Waals surface area contributed by atoms with Crippen LogP contribution in [-0.2, 0) is 17.8 Å². The third kappa shape index (κ3) is 6.16. The van der Waals surface area contributed by atoms with Crippen molar-refractivity contribution in [3.8, 4) is 0 Å². The molecule has 0 bridgehead atoms. The topological polar surface area (TPSA) is 76.5 Å². The number of nitrogens with zero attached hydrogens (tertiary/aromatic N) is 6. The number of aryl methyl sites for hydroxylation is 1. The summed E-state index contributed by atoms with van der Waals surface area (Å²) >= 11 is 0. The number of nitrogens with one attached hydrogen (secondary N) is 1. The summed E-state index contributed by atoms with van der Waals surface area (Å²) in [5.41, 5.74) is 3.52. The van der Waals surface area contributed by atoms with Crippen LogP contribution in [0.15, 0.2) is 77.7 Å². The fraction of sp³-hybridized carbons (Fsp3) is 0.469. The van der Waals surface area contributed by atoms with Crippen LogP contribution in [0.4, 0.5) is 4.79 Å². The molecule has 1 N–H and O–H groups in total. The third-order valence-corrected chi connectivity index (χ3v) is 8.73. The van der Waals surface area contributed by atoms with Gasteiger partial charge in [-0.05, 0) is 62.7 Å². The van der Waals surface area contributed by atoms with Crippen LogP contribution >= 0.6 is 0 Å². The van der Waals surface area contributed by atoms with E-state index in [-0.39, 0.29) is 24.7 Å². The number of allylic oxidation sites excluding steroid dienone is 2. The Bertz CT molecular complexity index is 1300. The zero-order chi connectivity index (χ0) is 28.2. The van der Waals surface area contributed by atoms with E-state index >= 15 is 0 Å². The molecule has 4 heterocycles. The molecule has 1 aromatic heterocycles. The Balaban J connectivity index is 1.19. The van der Waals surface area contributed by atoms with Gasteiger partial charge in [0, 0.05) is 45.5 Å². The number of aliphatic imine (C=N–C) groups is 1.